The van der Waals surface area contributed by atoms with Gasteiger partial charge in [-0.15, -0.1) is 0 Å². The Balaban J connectivity index is 2.23. The molecule has 5 heteroatoms. The maximum Gasteiger partial charge on any atom is 0.326 e. The quantitative estimate of drug-likeness (QED) is 0.800. The zero-order chi connectivity index (χ0) is 15.5. The molecule has 4 unspecified atom stereocenters. The maximum absolute atomic E-state index is 12.6. The summed E-state index contributed by atoms with van der Waals surface area (Å²) in [7, 11) is 0. The van der Waals surface area contributed by atoms with Crippen molar-refractivity contribution in [3.63, 3.8) is 0 Å². The maximum atomic E-state index is 12.6. The second-order valence-corrected chi connectivity index (χ2v) is 8.08. The lowest BCUT2D eigenvalue weighted by Gasteiger charge is -2.48. The average Bonchev–Trinajstić information content (AvgIpc) is 2.61. The van der Waals surface area contributed by atoms with Crippen LogP contribution in [0.3, 0.4) is 0 Å². The van der Waals surface area contributed by atoms with Crippen molar-refractivity contribution >= 4 is 11.9 Å². The Labute approximate surface area is 120 Å². The van der Waals surface area contributed by atoms with Gasteiger partial charge in [0.15, 0.2) is 0 Å². The molecule has 0 radical (unpaired) electrons. The van der Waals surface area contributed by atoms with Crippen LogP contribution in [0.25, 0.3) is 0 Å². The van der Waals surface area contributed by atoms with E-state index in [0.717, 1.165) is 6.42 Å². The summed E-state index contributed by atoms with van der Waals surface area (Å²) < 4.78 is 0. The summed E-state index contributed by atoms with van der Waals surface area (Å²) in [4.78, 5) is 25.6. The Morgan fingerprint density at radius 2 is 1.90 bits per heavy atom. The fraction of sp³-hybridized carbons (Fsp3) is 0.867. The fourth-order valence-electron chi connectivity index (χ4n) is 3.68. The second kappa shape index (κ2) is 4.45. The molecule has 0 aromatic rings. The Hall–Kier alpha value is -1.10. The number of hydrogen-bond acceptors (Lipinski definition) is 3. The topological polar surface area (TPSA) is 83.6 Å². The summed E-state index contributed by atoms with van der Waals surface area (Å²) >= 11 is 0. The first-order valence-corrected chi connectivity index (χ1v) is 7.25. The van der Waals surface area contributed by atoms with Gasteiger partial charge < -0.3 is 15.7 Å². The van der Waals surface area contributed by atoms with Gasteiger partial charge in [0.2, 0.25) is 5.91 Å². The van der Waals surface area contributed by atoms with Gasteiger partial charge in [-0.25, -0.2) is 4.79 Å². The molecule has 114 valence electrons. The third-order valence-electron chi connectivity index (χ3n) is 5.15. The van der Waals surface area contributed by atoms with Crippen LogP contribution in [0.5, 0.6) is 0 Å². The molecule has 2 rings (SSSR count). The van der Waals surface area contributed by atoms with Crippen molar-refractivity contribution < 1.29 is 14.7 Å². The minimum atomic E-state index is -0.901. The summed E-state index contributed by atoms with van der Waals surface area (Å²) in [5.74, 6) is -0.768. The van der Waals surface area contributed by atoms with E-state index in [-0.39, 0.29) is 28.6 Å². The minimum absolute atomic E-state index is 0.0821. The Bertz CT molecular complexity index is 439. The van der Waals surface area contributed by atoms with Gasteiger partial charge in [-0.1, -0.05) is 34.6 Å². The number of carboxylic acids is 1. The van der Waals surface area contributed by atoms with Crippen LogP contribution < -0.4 is 5.73 Å². The highest BCUT2D eigenvalue weighted by molar-refractivity contribution is 5.88. The average molecular weight is 282 g/mol. The smallest absolute Gasteiger partial charge is 0.326 e. The Morgan fingerprint density at radius 3 is 2.30 bits per heavy atom. The Morgan fingerprint density at radius 1 is 1.35 bits per heavy atom. The predicted octanol–water partition coefficient (Wildman–Crippen LogP) is 1.32. The van der Waals surface area contributed by atoms with E-state index in [1.807, 2.05) is 20.8 Å². The van der Waals surface area contributed by atoms with E-state index in [1.54, 1.807) is 0 Å². The molecular weight excluding hydrogens is 256 g/mol. The van der Waals surface area contributed by atoms with Gasteiger partial charge in [0.05, 0.1) is 6.04 Å². The van der Waals surface area contributed by atoms with Crippen LogP contribution in [0.15, 0.2) is 0 Å². The summed E-state index contributed by atoms with van der Waals surface area (Å²) in [5, 5.41) is 9.47. The summed E-state index contributed by atoms with van der Waals surface area (Å²) in [6.07, 6.45) is 0.864. The van der Waals surface area contributed by atoms with E-state index < -0.39 is 18.1 Å². The third-order valence-corrected chi connectivity index (χ3v) is 5.15. The first-order valence-electron chi connectivity index (χ1n) is 7.25. The van der Waals surface area contributed by atoms with Gasteiger partial charge in [0.1, 0.15) is 6.04 Å². The second-order valence-electron chi connectivity index (χ2n) is 8.08. The summed E-state index contributed by atoms with van der Waals surface area (Å²) in [6, 6.07) is -1.36. The molecule has 5 nitrogen and oxygen atoms in total. The molecule has 0 spiro atoms. The lowest BCUT2D eigenvalue weighted by molar-refractivity contribution is -0.152. The number of carbonyl (C=O) groups excluding carboxylic acids is 1. The number of nitrogens with zero attached hydrogens (tertiary/aromatic N) is 1. The molecule has 0 aromatic heterocycles. The van der Waals surface area contributed by atoms with Gasteiger partial charge >= 0.3 is 5.97 Å². The number of hydrogen-bond donors (Lipinski definition) is 2. The van der Waals surface area contributed by atoms with Crippen molar-refractivity contribution in [2.45, 2.75) is 53.1 Å². The number of nitrogens with two attached hydrogens (primary N) is 1. The van der Waals surface area contributed by atoms with Crippen molar-refractivity contribution in [3.05, 3.63) is 0 Å². The standard InChI is InChI=1S/C15H26N2O3/c1-14(2,3)11(16)12(18)17-7-9-8(6-15(9,4)5)10(17)13(19)20/h8-11H,6-7,16H2,1-5H3,(H,19,20). The molecule has 0 bridgehead atoms. The lowest BCUT2D eigenvalue weighted by atomic mass is 9.55. The number of aliphatic carboxylic acids is 1. The van der Waals surface area contributed by atoms with Crippen LogP contribution in [-0.2, 0) is 9.59 Å². The van der Waals surface area contributed by atoms with E-state index in [0.29, 0.717) is 6.54 Å². The molecule has 1 aliphatic carbocycles. The monoisotopic (exact) mass is 282 g/mol. The lowest BCUT2D eigenvalue weighted by Crippen LogP contribution is -2.54. The van der Waals surface area contributed by atoms with Crippen molar-refractivity contribution in [1.29, 1.82) is 0 Å². The van der Waals surface area contributed by atoms with Gasteiger partial charge in [-0.2, -0.15) is 0 Å². The van der Waals surface area contributed by atoms with E-state index >= 15 is 0 Å². The summed E-state index contributed by atoms with van der Waals surface area (Å²) in [6.45, 7) is 10.5. The molecule has 1 saturated carbocycles. The number of carbonyl (C=O) groups is 2. The van der Waals surface area contributed by atoms with Gasteiger partial charge in [0, 0.05) is 6.54 Å². The molecule has 0 aromatic carbocycles. The first-order chi connectivity index (χ1) is 8.97. The SMILES string of the molecule is CC(C)(C)C(N)C(=O)N1CC2C(CC2(C)C)C1C(=O)O. The highest BCUT2D eigenvalue weighted by Crippen LogP contribution is 2.57. The Kier molecular flexibility index (Phi) is 3.40. The number of amides is 1. The van der Waals surface area contributed by atoms with Crippen LogP contribution in [0.1, 0.15) is 41.0 Å². The molecule has 1 amide bonds. The van der Waals surface area contributed by atoms with Crippen molar-refractivity contribution in [3.8, 4) is 0 Å². The van der Waals surface area contributed by atoms with Gasteiger partial charge in [0.25, 0.3) is 0 Å². The number of fused-ring (bicyclic) bond motifs is 1. The molecule has 4 atom stereocenters. The van der Waals surface area contributed by atoms with Crippen LogP contribution >= 0.6 is 0 Å². The fourth-order valence-corrected chi connectivity index (χ4v) is 3.68. The number of likely N-dealkylation sites (tertiary alicyclic amines) is 1. The van der Waals surface area contributed by atoms with Crippen LogP contribution in [-0.4, -0.2) is 40.5 Å². The van der Waals surface area contributed by atoms with Crippen molar-refractivity contribution in [1.82, 2.24) is 4.90 Å². The molecule has 20 heavy (non-hydrogen) atoms. The zero-order valence-electron chi connectivity index (χ0n) is 13.0. The number of rotatable bonds is 2. The van der Waals surface area contributed by atoms with E-state index in [9.17, 15) is 14.7 Å². The van der Waals surface area contributed by atoms with Crippen LogP contribution in [0.2, 0.25) is 0 Å². The zero-order valence-corrected chi connectivity index (χ0v) is 13.0. The normalized spacial score (nSPS) is 33.3. The third kappa shape index (κ3) is 2.22. The minimum Gasteiger partial charge on any atom is -0.480 e. The molecule has 1 heterocycles. The van der Waals surface area contributed by atoms with Crippen molar-refractivity contribution in [2.24, 2.45) is 28.4 Å². The van der Waals surface area contributed by atoms with E-state index in [1.165, 1.54) is 4.90 Å². The highest BCUT2D eigenvalue weighted by Gasteiger charge is 2.60. The molecule has 1 aliphatic heterocycles. The largest absolute Gasteiger partial charge is 0.480 e. The highest BCUT2D eigenvalue weighted by atomic mass is 16.4. The summed E-state index contributed by atoms with van der Waals surface area (Å²) in [5.41, 5.74) is 5.79. The van der Waals surface area contributed by atoms with E-state index in [4.69, 9.17) is 5.73 Å². The van der Waals surface area contributed by atoms with Crippen LogP contribution in [0, 0.1) is 22.7 Å². The van der Waals surface area contributed by atoms with E-state index in [2.05, 4.69) is 13.8 Å². The first kappa shape index (κ1) is 15.3. The number of carboxylic acid groups (broad SMARTS) is 1. The van der Waals surface area contributed by atoms with Gasteiger partial charge in [-0.05, 0) is 29.1 Å². The molecule has 2 fully saturated rings. The molecule has 2 aliphatic rings. The van der Waals surface area contributed by atoms with Crippen LogP contribution in [0.4, 0.5) is 0 Å². The predicted molar refractivity (Wildman–Crippen MR) is 75.9 cm³/mol. The molecular formula is C15H26N2O3. The molecule has 3 N–H and O–H groups in total. The van der Waals surface area contributed by atoms with Crippen molar-refractivity contribution in [2.75, 3.05) is 6.54 Å². The molecule has 1 saturated heterocycles. The van der Waals surface area contributed by atoms with Gasteiger partial charge in [-0.3, -0.25) is 4.79 Å².